The van der Waals surface area contributed by atoms with Crippen LogP contribution in [0.15, 0.2) is 88.7 Å². The van der Waals surface area contributed by atoms with Crippen LogP contribution in [0, 0.1) is 0 Å². The number of carbonyl (C=O) groups is 1. The second-order valence-corrected chi connectivity index (χ2v) is 8.69. The maximum Gasteiger partial charge on any atom is 0.350 e. The van der Waals surface area contributed by atoms with E-state index in [-0.39, 0.29) is 11.6 Å². The van der Waals surface area contributed by atoms with Gasteiger partial charge in [-0.3, -0.25) is 9.20 Å². The molecule has 0 fully saturated rings. The van der Waals surface area contributed by atoms with E-state index in [1.54, 1.807) is 29.1 Å². The number of hydrogen-bond acceptors (Lipinski definition) is 7. The van der Waals surface area contributed by atoms with Gasteiger partial charge < -0.3 is 5.32 Å². The second-order valence-electron chi connectivity index (χ2n) is 7.67. The molecule has 0 aliphatic rings. The van der Waals surface area contributed by atoms with Gasteiger partial charge >= 0.3 is 5.69 Å². The quantitative estimate of drug-likeness (QED) is 0.252. The largest absolute Gasteiger partial charge is 0.352 e. The summed E-state index contributed by atoms with van der Waals surface area (Å²) < 4.78 is 4.61. The van der Waals surface area contributed by atoms with Crippen molar-refractivity contribution in [3.8, 4) is 5.69 Å². The standard InChI is InChI=1S/C24H22N8O2S/c33-23(25-14-8-16-31-24(34)30-15-7-6-13-21(30)27-31)19-11-4-5-12-20(19)35-17-22-26-28-29-32(22)18-9-2-1-3-10-18/h1-7,9-13,15H,8,14,16-17H2,(H,25,33). The highest BCUT2D eigenvalue weighted by Crippen LogP contribution is 2.26. The van der Waals surface area contributed by atoms with Crippen LogP contribution in [0.4, 0.5) is 0 Å². The number of nitrogens with zero attached hydrogens (tertiary/aromatic N) is 7. The Labute approximate surface area is 204 Å². The Hall–Kier alpha value is -4.25. The number of hydrogen-bond donors (Lipinski definition) is 1. The molecule has 0 saturated heterocycles. The van der Waals surface area contributed by atoms with Crippen LogP contribution in [-0.2, 0) is 12.3 Å². The highest BCUT2D eigenvalue weighted by Gasteiger charge is 2.14. The Morgan fingerprint density at radius 2 is 1.77 bits per heavy atom. The summed E-state index contributed by atoms with van der Waals surface area (Å²) in [5.41, 5.74) is 1.88. The van der Waals surface area contributed by atoms with Crippen LogP contribution >= 0.6 is 11.8 Å². The third-order valence-electron chi connectivity index (χ3n) is 5.34. The molecule has 0 aliphatic carbocycles. The molecule has 1 amide bonds. The molecular weight excluding hydrogens is 464 g/mol. The molecule has 5 aromatic rings. The molecule has 0 radical (unpaired) electrons. The van der Waals surface area contributed by atoms with Crippen LogP contribution < -0.4 is 11.0 Å². The van der Waals surface area contributed by atoms with E-state index in [2.05, 4.69) is 25.9 Å². The fourth-order valence-electron chi connectivity index (χ4n) is 3.63. The summed E-state index contributed by atoms with van der Waals surface area (Å²) in [6, 6.07) is 22.5. The van der Waals surface area contributed by atoms with Crippen LogP contribution in [0.1, 0.15) is 22.6 Å². The van der Waals surface area contributed by atoms with Crippen LogP contribution in [0.25, 0.3) is 11.3 Å². The summed E-state index contributed by atoms with van der Waals surface area (Å²) >= 11 is 1.50. The maximum atomic E-state index is 12.9. The first-order valence-corrected chi connectivity index (χ1v) is 12.1. The van der Waals surface area contributed by atoms with Gasteiger partial charge in [0.05, 0.1) is 17.0 Å². The SMILES string of the molecule is O=C(NCCCn1nc2ccccn2c1=O)c1ccccc1SCc1nnnn1-c1ccccc1. The van der Waals surface area contributed by atoms with Gasteiger partial charge in [-0.1, -0.05) is 36.4 Å². The van der Waals surface area contributed by atoms with E-state index in [1.807, 2.05) is 54.6 Å². The Balaban J connectivity index is 1.19. The number of rotatable bonds is 9. The van der Waals surface area contributed by atoms with Gasteiger partial charge in [-0.2, -0.15) is 4.68 Å². The highest BCUT2D eigenvalue weighted by atomic mass is 32.2. The van der Waals surface area contributed by atoms with E-state index in [0.717, 1.165) is 10.6 Å². The topological polar surface area (TPSA) is 112 Å². The van der Waals surface area contributed by atoms with Gasteiger partial charge in [-0.25, -0.2) is 9.48 Å². The van der Waals surface area contributed by atoms with Crippen molar-refractivity contribution in [2.24, 2.45) is 0 Å². The first kappa shape index (κ1) is 22.5. The van der Waals surface area contributed by atoms with Crippen LogP contribution in [-0.4, -0.2) is 46.8 Å². The van der Waals surface area contributed by atoms with Gasteiger partial charge in [0.15, 0.2) is 11.5 Å². The molecule has 0 spiro atoms. The van der Waals surface area contributed by atoms with Gasteiger partial charge in [0.2, 0.25) is 0 Å². The summed E-state index contributed by atoms with van der Waals surface area (Å²) in [4.78, 5) is 26.1. The predicted molar refractivity (Wildman–Crippen MR) is 132 cm³/mol. The monoisotopic (exact) mass is 486 g/mol. The average Bonchev–Trinajstić information content (AvgIpc) is 3.50. The van der Waals surface area contributed by atoms with Gasteiger partial charge in [0.25, 0.3) is 5.91 Å². The maximum absolute atomic E-state index is 12.9. The smallest absolute Gasteiger partial charge is 0.350 e. The third kappa shape index (κ3) is 4.99. The van der Waals surface area contributed by atoms with E-state index in [4.69, 9.17) is 0 Å². The molecule has 0 saturated carbocycles. The average molecular weight is 487 g/mol. The number of thioether (sulfide) groups is 1. The molecule has 0 bridgehead atoms. The number of aromatic nitrogens is 7. The molecule has 0 unspecified atom stereocenters. The molecule has 3 aromatic heterocycles. The zero-order valence-corrected chi connectivity index (χ0v) is 19.5. The lowest BCUT2D eigenvalue weighted by atomic mass is 10.2. The summed E-state index contributed by atoms with van der Waals surface area (Å²) in [6.07, 6.45) is 2.27. The van der Waals surface area contributed by atoms with E-state index in [0.29, 0.717) is 42.3 Å². The van der Waals surface area contributed by atoms with Crippen LogP contribution in [0.3, 0.4) is 0 Å². The molecule has 3 heterocycles. The fraction of sp³-hybridized carbons (Fsp3) is 0.167. The first-order valence-electron chi connectivity index (χ1n) is 11.1. The van der Waals surface area contributed by atoms with Crippen molar-refractivity contribution in [3.63, 3.8) is 0 Å². The lowest BCUT2D eigenvalue weighted by Crippen LogP contribution is -2.27. The van der Waals surface area contributed by atoms with E-state index in [1.165, 1.54) is 20.8 Å². The molecule has 11 heteroatoms. The number of pyridine rings is 1. The molecule has 1 N–H and O–H groups in total. The van der Waals surface area contributed by atoms with Crippen molar-refractivity contribution >= 4 is 23.3 Å². The summed E-state index contributed by atoms with van der Waals surface area (Å²) in [5, 5.41) is 19.3. The Bertz CT molecular complexity index is 1510. The number of aryl methyl sites for hydroxylation is 1. The third-order valence-corrected chi connectivity index (χ3v) is 6.41. The number of tetrazole rings is 1. The minimum Gasteiger partial charge on any atom is -0.352 e. The summed E-state index contributed by atoms with van der Waals surface area (Å²) in [5.74, 6) is 1.02. The van der Waals surface area contributed by atoms with Crippen molar-refractivity contribution in [2.75, 3.05) is 6.54 Å². The number of para-hydroxylation sites is 1. The Morgan fingerprint density at radius 3 is 2.63 bits per heavy atom. The van der Waals surface area contributed by atoms with Crippen molar-refractivity contribution in [3.05, 3.63) is 101 Å². The Morgan fingerprint density at radius 1 is 0.971 bits per heavy atom. The van der Waals surface area contributed by atoms with Gasteiger partial charge in [0, 0.05) is 24.2 Å². The van der Waals surface area contributed by atoms with Gasteiger partial charge in [0.1, 0.15) is 0 Å². The zero-order chi connectivity index (χ0) is 24.0. The lowest BCUT2D eigenvalue weighted by molar-refractivity contribution is 0.0949. The normalized spacial score (nSPS) is 11.1. The highest BCUT2D eigenvalue weighted by molar-refractivity contribution is 7.98. The summed E-state index contributed by atoms with van der Waals surface area (Å²) in [6.45, 7) is 0.837. The number of nitrogens with one attached hydrogen (secondary N) is 1. The molecule has 176 valence electrons. The first-order chi connectivity index (χ1) is 17.2. The van der Waals surface area contributed by atoms with E-state index < -0.39 is 0 Å². The minimum absolute atomic E-state index is 0.168. The molecular formula is C24H22N8O2S. The Kier molecular flexibility index (Phi) is 6.66. The van der Waals surface area contributed by atoms with Gasteiger partial charge in [-0.05, 0) is 53.2 Å². The van der Waals surface area contributed by atoms with Crippen molar-refractivity contribution in [1.82, 2.24) is 39.7 Å². The second kappa shape index (κ2) is 10.3. The van der Waals surface area contributed by atoms with Crippen molar-refractivity contribution in [1.29, 1.82) is 0 Å². The predicted octanol–water partition coefficient (Wildman–Crippen LogP) is 2.58. The number of carbonyl (C=O) groups excluding carboxylic acids is 1. The number of benzene rings is 2. The molecule has 0 atom stereocenters. The molecule has 5 rings (SSSR count). The van der Waals surface area contributed by atoms with E-state index in [9.17, 15) is 9.59 Å². The lowest BCUT2D eigenvalue weighted by Gasteiger charge is -2.10. The van der Waals surface area contributed by atoms with Crippen molar-refractivity contribution in [2.45, 2.75) is 23.6 Å². The number of fused-ring (bicyclic) bond motifs is 1. The van der Waals surface area contributed by atoms with Crippen LogP contribution in [0.2, 0.25) is 0 Å². The molecule has 35 heavy (non-hydrogen) atoms. The van der Waals surface area contributed by atoms with Gasteiger partial charge in [-0.15, -0.1) is 22.0 Å². The molecule has 2 aromatic carbocycles. The fourth-order valence-corrected chi connectivity index (χ4v) is 4.58. The zero-order valence-electron chi connectivity index (χ0n) is 18.7. The van der Waals surface area contributed by atoms with Crippen LogP contribution in [0.5, 0.6) is 0 Å². The van der Waals surface area contributed by atoms with Crippen molar-refractivity contribution < 1.29 is 4.79 Å². The van der Waals surface area contributed by atoms with E-state index >= 15 is 0 Å². The molecule has 0 aliphatic heterocycles. The minimum atomic E-state index is -0.188. The summed E-state index contributed by atoms with van der Waals surface area (Å²) in [7, 11) is 0. The number of amides is 1. The molecule has 10 nitrogen and oxygen atoms in total.